The average molecular weight is 542 g/mol. The monoisotopic (exact) mass is 541 g/mol. The van der Waals surface area contributed by atoms with Crippen molar-refractivity contribution in [1.82, 2.24) is 4.90 Å². The number of hydrogen-bond acceptors (Lipinski definition) is 6. The van der Waals surface area contributed by atoms with E-state index >= 15 is 0 Å². The van der Waals surface area contributed by atoms with E-state index in [0.29, 0.717) is 53.9 Å². The van der Waals surface area contributed by atoms with Gasteiger partial charge in [-0.3, -0.25) is 4.79 Å². The maximum absolute atomic E-state index is 13.8. The van der Waals surface area contributed by atoms with Crippen molar-refractivity contribution in [3.63, 3.8) is 0 Å². The number of carbonyl (C=O) groups excluding carboxylic acids is 1. The summed E-state index contributed by atoms with van der Waals surface area (Å²) in [6, 6.07) is 22.6. The van der Waals surface area contributed by atoms with Crippen LogP contribution in [0.15, 0.2) is 78.9 Å². The van der Waals surface area contributed by atoms with Gasteiger partial charge < -0.3 is 28.6 Å². The third-order valence-corrected chi connectivity index (χ3v) is 7.24. The molecule has 0 spiro atoms. The molecule has 1 unspecified atom stereocenters. The van der Waals surface area contributed by atoms with E-state index in [4.69, 9.17) is 23.7 Å². The van der Waals surface area contributed by atoms with Crippen molar-refractivity contribution < 1.29 is 32.9 Å². The van der Waals surface area contributed by atoms with Crippen molar-refractivity contribution in [1.29, 1.82) is 0 Å². The molecule has 2 aliphatic heterocycles. The molecule has 0 aromatic heterocycles. The first-order chi connectivity index (χ1) is 19.6. The number of methoxy groups -OCH3 is 2. The van der Waals surface area contributed by atoms with Crippen molar-refractivity contribution in [2.24, 2.45) is 0 Å². The summed E-state index contributed by atoms with van der Waals surface area (Å²) >= 11 is 0. The maximum Gasteiger partial charge on any atom is 0.254 e. The average Bonchev–Trinajstić information content (AvgIpc) is 3.46. The molecule has 1 atom stereocenters. The second kappa shape index (κ2) is 10.8. The van der Waals surface area contributed by atoms with Crippen molar-refractivity contribution >= 4 is 5.91 Å². The van der Waals surface area contributed by atoms with Gasteiger partial charge in [-0.15, -0.1) is 0 Å². The Bertz CT molecular complexity index is 1510. The number of nitrogens with zero attached hydrogens (tertiary/aromatic N) is 1. The van der Waals surface area contributed by atoms with E-state index in [0.717, 1.165) is 22.3 Å². The first kappa shape index (κ1) is 25.6. The summed E-state index contributed by atoms with van der Waals surface area (Å²) in [5.74, 6) is 2.13. The molecule has 7 nitrogen and oxygen atoms in total. The summed E-state index contributed by atoms with van der Waals surface area (Å²) in [6.07, 6.45) is 0.627. The fourth-order valence-corrected chi connectivity index (χ4v) is 5.28. The molecule has 0 fully saturated rings. The minimum atomic E-state index is -0.498. The van der Waals surface area contributed by atoms with E-state index in [9.17, 15) is 9.18 Å². The van der Waals surface area contributed by atoms with Gasteiger partial charge in [-0.05, 0) is 77.2 Å². The largest absolute Gasteiger partial charge is 0.493 e. The van der Waals surface area contributed by atoms with Crippen LogP contribution in [0.25, 0.3) is 0 Å². The van der Waals surface area contributed by atoms with Gasteiger partial charge in [0.2, 0.25) is 12.5 Å². The zero-order valence-corrected chi connectivity index (χ0v) is 22.2. The Morgan fingerprint density at radius 2 is 1.60 bits per heavy atom. The Balaban J connectivity index is 1.44. The van der Waals surface area contributed by atoms with Gasteiger partial charge in [0.25, 0.3) is 5.91 Å². The lowest BCUT2D eigenvalue weighted by molar-refractivity contribution is 0.0693. The zero-order valence-electron chi connectivity index (χ0n) is 22.2. The van der Waals surface area contributed by atoms with Gasteiger partial charge in [0, 0.05) is 12.1 Å². The number of carbonyl (C=O) groups is 1. The van der Waals surface area contributed by atoms with Gasteiger partial charge in [-0.2, -0.15) is 0 Å². The molecule has 2 aliphatic rings. The van der Waals surface area contributed by atoms with Crippen molar-refractivity contribution in [3.8, 4) is 28.7 Å². The Morgan fingerprint density at radius 1 is 0.925 bits per heavy atom. The SMILES string of the molecule is COc1cc(C2c3cc4c(cc3CCN2C(=O)c2ccc(F)cc2)OCO4)cc(OC)c1OCc1ccccc1. The van der Waals surface area contributed by atoms with Crippen molar-refractivity contribution in [3.05, 3.63) is 112 Å². The Morgan fingerprint density at radius 3 is 2.27 bits per heavy atom. The van der Waals surface area contributed by atoms with E-state index in [2.05, 4.69) is 0 Å². The topological polar surface area (TPSA) is 66.5 Å². The highest BCUT2D eigenvalue weighted by Gasteiger charge is 2.36. The molecule has 0 saturated carbocycles. The number of rotatable bonds is 7. The minimum Gasteiger partial charge on any atom is -0.493 e. The molecule has 40 heavy (non-hydrogen) atoms. The third-order valence-electron chi connectivity index (χ3n) is 7.24. The number of benzene rings is 4. The van der Waals surface area contributed by atoms with E-state index in [1.165, 1.54) is 24.3 Å². The van der Waals surface area contributed by atoms with Gasteiger partial charge in [0.15, 0.2) is 23.0 Å². The fourth-order valence-electron chi connectivity index (χ4n) is 5.28. The van der Waals surface area contributed by atoms with Gasteiger partial charge in [0.05, 0.1) is 20.3 Å². The summed E-state index contributed by atoms with van der Waals surface area (Å²) in [4.78, 5) is 15.6. The van der Waals surface area contributed by atoms with Gasteiger partial charge in [-0.1, -0.05) is 30.3 Å². The zero-order chi connectivity index (χ0) is 27.6. The van der Waals surface area contributed by atoms with E-state index < -0.39 is 11.9 Å². The van der Waals surface area contributed by atoms with Gasteiger partial charge in [-0.25, -0.2) is 4.39 Å². The fraction of sp³-hybridized carbons (Fsp3) is 0.219. The predicted molar refractivity (Wildman–Crippen MR) is 146 cm³/mol. The van der Waals surface area contributed by atoms with Crippen LogP contribution in [0.4, 0.5) is 4.39 Å². The van der Waals surface area contributed by atoms with E-state index in [-0.39, 0.29) is 12.7 Å². The molecule has 4 aromatic carbocycles. The summed E-state index contributed by atoms with van der Waals surface area (Å²) in [7, 11) is 3.14. The summed E-state index contributed by atoms with van der Waals surface area (Å²) in [6.45, 7) is 0.929. The molecule has 4 aromatic rings. The first-order valence-electron chi connectivity index (χ1n) is 13.0. The molecule has 1 amide bonds. The summed E-state index contributed by atoms with van der Waals surface area (Å²) in [5.41, 5.74) is 4.14. The van der Waals surface area contributed by atoms with Crippen LogP contribution in [0.3, 0.4) is 0 Å². The van der Waals surface area contributed by atoms with Crippen molar-refractivity contribution in [2.75, 3.05) is 27.6 Å². The Labute approximate surface area is 231 Å². The molecule has 6 rings (SSSR count). The molecule has 204 valence electrons. The summed E-state index contributed by atoms with van der Waals surface area (Å²) < 4.78 is 42.6. The van der Waals surface area contributed by atoms with E-state index in [1.54, 1.807) is 19.1 Å². The van der Waals surface area contributed by atoms with Gasteiger partial charge in [0.1, 0.15) is 12.4 Å². The van der Waals surface area contributed by atoms with Crippen LogP contribution in [0.5, 0.6) is 28.7 Å². The Kier molecular flexibility index (Phi) is 6.90. The lowest BCUT2D eigenvalue weighted by Crippen LogP contribution is -2.40. The second-order valence-corrected chi connectivity index (χ2v) is 9.59. The molecule has 0 bridgehead atoms. The standard InChI is InChI=1S/C32H28FNO6/c1-36-28-15-23(16-29(37-2)31(28)38-18-20-6-4-3-5-7-20)30-25-17-27-26(39-19-40-27)14-22(25)12-13-34(30)32(35)21-8-10-24(33)11-9-21/h3-11,14-17,30H,12-13,18-19H2,1-2H3. The molecule has 0 aliphatic carbocycles. The molecule has 0 radical (unpaired) electrons. The highest BCUT2D eigenvalue weighted by molar-refractivity contribution is 5.95. The molecular formula is C32H28FNO6. The lowest BCUT2D eigenvalue weighted by atomic mass is 9.87. The van der Waals surface area contributed by atoms with Crippen LogP contribution in [0.2, 0.25) is 0 Å². The van der Waals surface area contributed by atoms with Crippen LogP contribution in [-0.4, -0.2) is 38.4 Å². The maximum atomic E-state index is 13.8. The molecular weight excluding hydrogens is 513 g/mol. The second-order valence-electron chi connectivity index (χ2n) is 9.59. The summed E-state index contributed by atoms with van der Waals surface area (Å²) in [5, 5.41) is 0. The molecule has 2 heterocycles. The smallest absolute Gasteiger partial charge is 0.254 e. The molecule has 8 heteroatoms. The van der Waals surface area contributed by atoms with E-state index in [1.807, 2.05) is 54.6 Å². The van der Waals surface area contributed by atoms with Crippen LogP contribution in [-0.2, 0) is 13.0 Å². The molecule has 0 saturated heterocycles. The first-order valence-corrected chi connectivity index (χ1v) is 13.0. The quantitative estimate of drug-likeness (QED) is 0.289. The van der Waals surface area contributed by atoms with Crippen LogP contribution in [0.1, 0.15) is 38.7 Å². The number of fused-ring (bicyclic) bond motifs is 2. The highest BCUT2D eigenvalue weighted by atomic mass is 19.1. The number of hydrogen-bond donors (Lipinski definition) is 0. The lowest BCUT2D eigenvalue weighted by Gasteiger charge is -2.38. The molecule has 0 N–H and O–H groups in total. The van der Waals surface area contributed by atoms with Crippen LogP contribution < -0.4 is 23.7 Å². The number of amides is 1. The number of ether oxygens (including phenoxy) is 5. The highest BCUT2D eigenvalue weighted by Crippen LogP contribution is 2.47. The minimum absolute atomic E-state index is 0.149. The van der Waals surface area contributed by atoms with Crippen LogP contribution >= 0.6 is 0 Å². The number of halogens is 1. The Hall–Kier alpha value is -4.72. The normalized spacial score (nSPS) is 15.4. The van der Waals surface area contributed by atoms with Gasteiger partial charge >= 0.3 is 0 Å². The van der Waals surface area contributed by atoms with Crippen molar-refractivity contribution in [2.45, 2.75) is 19.1 Å². The third kappa shape index (κ3) is 4.77. The van der Waals surface area contributed by atoms with Crippen LogP contribution in [0, 0.1) is 5.82 Å². The predicted octanol–water partition coefficient (Wildman–Crippen LogP) is 5.94.